The molecule has 2 rings (SSSR count). The van der Waals surface area contributed by atoms with Gasteiger partial charge >= 0.3 is 0 Å². The first-order valence-electron chi connectivity index (χ1n) is 10.4. The second-order valence-electron chi connectivity index (χ2n) is 7.50. The van der Waals surface area contributed by atoms with Gasteiger partial charge in [0.2, 0.25) is 5.91 Å². The van der Waals surface area contributed by atoms with Gasteiger partial charge in [-0.2, -0.15) is 5.10 Å². The van der Waals surface area contributed by atoms with E-state index in [2.05, 4.69) is 17.3 Å². The van der Waals surface area contributed by atoms with Crippen LogP contribution in [-0.2, 0) is 11.8 Å². The van der Waals surface area contributed by atoms with E-state index in [4.69, 9.17) is 4.74 Å². The van der Waals surface area contributed by atoms with E-state index in [0.717, 1.165) is 42.0 Å². The van der Waals surface area contributed by atoms with Crippen molar-refractivity contribution in [2.24, 2.45) is 7.05 Å². The largest absolute Gasteiger partial charge is 0.494 e. The van der Waals surface area contributed by atoms with Crippen molar-refractivity contribution in [2.75, 3.05) is 6.61 Å². The average Bonchev–Trinajstić information content (AvgIpc) is 2.95. The van der Waals surface area contributed by atoms with Crippen LogP contribution in [-0.4, -0.2) is 28.1 Å². The Balaban J connectivity index is 1.81. The first-order valence-corrected chi connectivity index (χ1v) is 10.4. The first-order chi connectivity index (χ1) is 13.8. The predicted octanol–water partition coefficient (Wildman–Crippen LogP) is 4.45. The van der Waals surface area contributed by atoms with Gasteiger partial charge in [-0.3, -0.25) is 14.3 Å². The molecule has 0 spiro atoms. The van der Waals surface area contributed by atoms with Gasteiger partial charge in [0.05, 0.1) is 18.3 Å². The molecule has 158 valence electrons. The number of aromatic nitrogens is 2. The molecule has 1 unspecified atom stereocenters. The Labute approximate surface area is 173 Å². The molecule has 0 fully saturated rings. The maximum atomic E-state index is 12.4. The minimum Gasteiger partial charge on any atom is -0.494 e. The van der Waals surface area contributed by atoms with Crippen LogP contribution in [0.4, 0.5) is 0 Å². The maximum absolute atomic E-state index is 12.4. The zero-order chi connectivity index (χ0) is 21.4. The van der Waals surface area contributed by atoms with Crippen molar-refractivity contribution in [1.82, 2.24) is 15.1 Å². The summed E-state index contributed by atoms with van der Waals surface area (Å²) in [6.07, 6.45) is 3.68. The van der Waals surface area contributed by atoms with Crippen molar-refractivity contribution < 1.29 is 14.3 Å². The summed E-state index contributed by atoms with van der Waals surface area (Å²) in [5.41, 5.74) is 3.57. The van der Waals surface area contributed by atoms with Crippen LogP contribution in [0.15, 0.2) is 24.3 Å². The van der Waals surface area contributed by atoms with E-state index in [0.29, 0.717) is 12.2 Å². The first kappa shape index (κ1) is 22.7. The summed E-state index contributed by atoms with van der Waals surface area (Å²) in [6, 6.07) is 7.01. The Kier molecular flexibility index (Phi) is 8.43. The third-order valence-corrected chi connectivity index (χ3v) is 5.15. The summed E-state index contributed by atoms with van der Waals surface area (Å²) in [6.45, 7) is 8.71. The number of unbranched alkanes of at least 4 members (excludes halogenated alkanes) is 2. The average molecular weight is 400 g/mol. The van der Waals surface area contributed by atoms with E-state index in [-0.39, 0.29) is 30.6 Å². The summed E-state index contributed by atoms with van der Waals surface area (Å²) < 4.78 is 7.48. The maximum Gasteiger partial charge on any atom is 0.220 e. The molecule has 0 saturated carbocycles. The zero-order valence-corrected chi connectivity index (χ0v) is 18.2. The molecule has 1 heterocycles. The smallest absolute Gasteiger partial charge is 0.220 e. The van der Waals surface area contributed by atoms with E-state index in [1.165, 1.54) is 0 Å². The topological polar surface area (TPSA) is 73.2 Å². The fraction of sp³-hybridized carbons (Fsp3) is 0.522. The number of rotatable bonds is 11. The molecule has 1 amide bonds. The van der Waals surface area contributed by atoms with Crippen LogP contribution >= 0.6 is 0 Å². The summed E-state index contributed by atoms with van der Waals surface area (Å²) in [7, 11) is 1.89. The highest BCUT2D eigenvalue weighted by Gasteiger charge is 2.18. The fourth-order valence-corrected chi connectivity index (χ4v) is 3.45. The molecule has 29 heavy (non-hydrogen) atoms. The Bertz CT molecular complexity index is 825. The Morgan fingerprint density at radius 2 is 1.83 bits per heavy atom. The molecule has 0 saturated heterocycles. The van der Waals surface area contributed by atoms with Gasteiger partial charge in [-0.25, -0.2) is 0 Å². The second kappa shape index (κ2) is 10.8. The van der Waals surface area contributed by atoms with Gasteiger partial charge in [0.15, 0.2) is 5.78 Å². The number of nitrogens with zero attached hydrogens (tertiary/aromatic N) is 2. The summed E-state index contributed by atoms with van der Waals surface area (Å²) in [5.74, 6) is 0.592. The lowest BCUT2D eigenvalue weighted by atomic mass is 10.0. The zero-order valence-electron chi connectivity index (χ0n) is 18.2. The minimum absolute atomic E-state index is 0.0425. The molecular formula is C23H33N3O3. The van der Waals surface area contributed by atoms with Crippen LogP contribution in [0.1, 0.15) is 79.3 Å². The number of carbonyl (C=O) groups excluding carboxylic acids is 2. The third kappa shape index (κ3) is 6.44. The number of ether oxygens (including phenoxy) is 1. The SMILES string of the molecule is CCCCCOc1ccc(C(=O)CCC(=O)NC(C)c2c(C)nn(C)c2C)cc1. The van der Waals surface area contributed by atoms with Crippen LogP contribution in [0.3, 0.4) is 0 Å². The molecule has 0 aliphatic heterocycles. The van der Waals surface area contributed by atoms with Crippen LogP contribution in [0, 0.1) is 13.8 Å². The van der Waals surface area contributed by atoms with Crippen LogP contribution in [0.25, 0.3) is 0 Å². The Morgan fingerprint density at radius 1 is 1.14 bits per heavy atom. The number of Topliss-reactive ketones (excluding diaryl/α,β-unsaturated/α-hetero) is 1. The highest BCUT2D eigenvalue weighted by molar-refractivity contribution is 5.98. The molecule has 0 aliphatic carbocycles. The number of carbonyl (C=O) groups is 2. The number of ketones is 1. The van der Waals surface area contributed by atoms with E-state index >= 15 is 0 Å². The lowest BCUT2D eigenvalue weighted by Gasteiger charge is -2.15. The molecule has 0 radical (unpaired) electrons. The standard InChI is InChI=1S/C23H33N3O3/c1-6-7-8-15-29-20-11-9-19(10-12-20)21(27)13-14-22(28)24-16(2)23-17(3)25-26(5)18(23)4/h9-12,16H,6-8,13-15H2,1-5H3,(H,24,28). The summed E-state index contributed by atoms with van der Waals surface area (Å²) in [5, 5.41) is 7.36. The van der Waals surface area contributed by atoms with Gasteiger partial charge in [-0.05, 0) is 51.5 Å². The summed E-state index contributed by atoms with van der Waals surface area (Å²) >= 11 is 0. The minimum atomic E-state index is -0.143. The van der Waals surface area contributed by atoms with E-state index in [1.54, 1.807) is 12.1 Å². The lowest BCUT2D eigenvalue weighted by molar-refractivity contribution is -0.121. The molecule has 1 aromatic heterocycles. The second-order valence-corrected chi connectivity index (χ2v) is 7.50. The van der Waals surface area contributed by atoms with Gasteiger partial charge < -0.3 is 10.1 Å². The molecule has 2 aromatic rings. The monoisotopic (exact) mass is 399 g/mol. The normalized spacial score (nSPS) is 11.9. The summed E-state index contributed by atoms with van der Waals surface area (Å²) in [4.78, 5) is 24.7. The van der Waals surface area contributed by atoms with Crippen molar-refractivity contribution in [3.8, 4) is 5.75 Å². The molecule has 1 N–H and O–H groups in total. The van der Waals surface area contributed by atoms with E-state index < -0.39 is 0 Å². The van der Waals surface area contributed by atoms with E-state index in [1.807, 2.05) is 44.6 Å². The highest BCUT2D eigenvalue weighted by Crippen LogP contribution is 2.21. The highest BCUT2D eigenvalue weighted by atomic mass is 16.5. The fourth-order valence-electron chi connectivity index (χ4n) is 3.45. The molecular weight excluding hydrogens is 366 g/mol. The van der Waals surface area contributed by atoms with Crippen LogP contribution in [0.2, 0.25) is 0 Å². The Morgan fingerprint density at radius 3 is 2.41 bits per heavy atom. The van der Waals surface area contributed by atoms with Crippen molar-refractivity contribution >= 4 is 11.7 Å². The van der Waals surface area contributed by atoms with Crippen LogP contribution < -0.4 is 10.1 Å². The third-order valence-electron chi connectivity index (χ3n) is 5.15. The molecule has 6 nitrogen and oxygen atoms in total. The number of hydrogen-bond donors (Lipinski definition) is 1. The number of nitrogens with one attached hydrogen (secondary N) is 1. The Hall–Kier alpha value is -2.63. The van der Waals surface area contributed by atoms with Gasteiger partial charge in [0.1, 0.15) is 5.75 Å². The number of aryl methyl sites for hydroxylation is 2. The molecule has 0 bridgehead atoms. The van der Waals surface area contributed by atoms with Crippen LogP contribution in [0.5, 0.6) is 5.75 Å². The molecule has 1 aromatic carbocycles. The van der Waals surface area contributed by atoms with Crippen molar-refractivity contribution in [1.29, 1.82) is 0 Å². The van der Waals surface area contributed by atoms with Crippen molar-refractivity contribution in [3.05, 3.63) is 46.8 Å². The number of benzene rings is 1. The van der Waals surface area contributed by atoms with Gasteiger partial charge in [0.25, 0.3) is 0 Å². The van der Waals surface area contributed by atoms with Gasteiger partial charge in [0, 0.05) is 36.7 Å². The molecule has 1 atom stereocenters. The van der Waals surface area contributed by atoms with E-state index in [9.17, 15) is 9.59 Å². The predicted molar refractivity (Wildman–Crippen MR) is 114 cm³/mol. The number of amides is 1. The molecule has 6 heteroatoms. The quantitative estimate of drug-likeness (QED) is 0.448. The lowest BCUT2D eigenvalue weighted by Crippen LogP contribution is -2.27. The van der Waals surface area contributed by atoms with Crippen molar-refractivity contribution in [2.45, 2.75) is 65.8 Å². The van der Waals surface area contributed by atoms with Gasteiger partial charge in [-0.1, -0.05) is 19.8 Å². The molecule has 0 aliphatic rings. The van der Waals surface area contributed by atoms with Gasteiger partial charge in [-0.15, -0.1) is 0 Å². The van der Waals surface area contributed by atoms with Crippen molar-refractivity contribution in [3.63, 3.8) is 0 Å². The number of hydrogen-bond acceptors (Lipinski definition) is 4.